The SMILES string of the molecule is Nc1ncnc(N2C[C@@H](O)C[C@@H](N3CCCC(Nc4cc(F)cc(Cl)c4)C3=O)C2=O)c1F. The van der Waals surface area contributed by atoms with Crippen molar-refractivity contribution in [1.82, 2.24) is 14.9 Å². The number of carbonyl (C=O) groups is 2. The zero-order valence-electron chi connectivity index (χ0n) is 16.8. The predicted octanol–water partition coefficient (Wildman–Crippen LogP) is 1.56. The standard InChI is InChI=1S/C20H21ClF2N6O3/c21-10-4-11(22)6-12(5-10)27-14-2-1-3-28(19(14)31)15-7-13(30)8-29(20(15)32)18-16(23)17(24)25-9-26-18/h4-6,9,13-15,27,30H,1-3,7-8H2,(H2,24,25,26)/t13-,14?,15+/m0/s1. The fourth-order valence-electron chi connectivity index (χ4n) is 4.11. The second kappa shape index (κ2) is 8.83. The average Bonchev–Trinajstić information content (AvgIpc) is 2.73. The highest BCUT2D eigenvalue weighted by atomic mass is 35.5. The van der Waals surface area contributed by atoms with Gasteiger partial charge in [0.15, 0.2) is 11.6 Å². The number of piperidine rings is 2. The second-order valence-corrected chi connectivity index (χ2v) is 8.22. The summed E-state index contributed by atoms with van der Waals surface area (Å²) in [6.45, 7) is 0.0977. The number of nitrogens with zero attached hydrogens (tertiary/aromatic N) is 4. The summed E-state index contributed by atoms with van der Waals surface area (Å²) in [7, 11) is 0. The molecular formula is C20H21ClF2N6O3. The molecule has 9 nitrogen and oxygen atoms in total. The smallest absolute Gasteiger partial charge is 0.251 e. The Labute approximate surface area is 187 Å². The maximum Gasteiger partial charge on any atom is 0.251 e. The lowest BCUT2D eigenvalue weighted by atomic mass is 9.95. The summed E-state index contributed by atoms with van der Waals surface area (Å²) in [5.74, 6) is -3.25. The van der Waals surface area contributed by atoms with Gasteiger partial charge in [-0.2, -0.15) is 4.39 Å². The van der Waals surface area contributed by atoms with E-state index in [-0.39, 0.29) is 36.3 Å². The Morgan fingerprint density at radius 1 is 1.19 bits per heavy atom. The summed E-state index contributed by atoms with van der Waals surface area (Å²) in [5.41, 5.74) is 5.82. The largest absolute Gasteiger partial charge is 0.391 e. The number of hydrogen-bond acceptors (Lipinski definition) is 7. The third kappa shape index (κ3) is 4.30. The molecule has 2 aliphatic heterocycles. The molecule has 2 amide bonds. The van der Waals surface area contributed by atoms with Gasteiger partial charge < -0.3 is 21.1 Å². The highest BCUT2D eigenvalue weighted by molar-refractivity contribution is 6.30. The van der Waals surface area contributed by atoms with Crippen molar-refractivity contribution in [3.05, 3.63) is 41.2 Å². The topological polar surface area (TPSA) is 125 Å². The zero-order valence-corrected chi connectivity index (χ0v) is 17.6. The minimum absolute atomic E-state index is 0.00176. The number of carbonyl (C=O) groups excluding carboxylic acids is 2. The molecule has 2 aliphatic rings. The molecule has 0 spiro atoms. The summed E-state index contributed by atoms with van der Waals surface area (Å²) in [6.07, 6.45) is 1.06. The third-order valence-electron chi connectivity index (χ3n) is 5.55. The summed E-state index contributed by atoms with van der Waals surface area (Å²) in [4.78, 5) is 36.1. The molecule has 2 aromatic rings. The molecule has 0 radical (unpaired) electrons. The zero-order chi connectivity index (χ0) is 23.0. The molecule has 12 heteroatoms. The van der Waals surface area contributed by atoms with Crippen molar-refractivity contribution in [2.24, 2.45) is 0 Å². The fourth-order valence-corrected chi connectivity index (χ4v) is 4.33. The lowest BCUT2D eigenvalue weighted by Gasteiger charge is -2.43. The van der Waals surface area contributed by atoms with Crippen molar-refractivity contribution in [1.29, 1.82) is 0 Å². The number of β-amino-alcohol motifs (C(OH)–C–C–N with tert-alkyl or cyclic N) is 1. The number of aromatic nitrogens is 2. The van der Waals surface area contributed by atoms with Crippen molar-refractivity contribution < 1.29 is 23.5 Å². The Morgan fingerprint density at radius 2 is 1.97 bits per heavy atom. The maximum atomic E-state index is 14.4. The van der Waals surface area contributed by atoms with Crippen LogP contribution in [-0.4, -0.2) is 63.1 Å². The number of hydrogen-bond donors (Lipinski definition) is 3. The molecule has 0 bridgehead atoms. The molecule has 0 saturated carbocycles. The Hall–Kier alpha value is -3.05. The van der Waals surface area contributed by atoms with Crippen LogP contribution in [0.2, 0.25) is 5.02 Å². The number of aliphatic hydroxyl groups excluding tert-OH is 1. The first-order chi connectivity index (χ1) is 15.2. The van der Waals surface area contributed by atoms with Crippen LogP contribution in [0.3, 0.4) is 0 Å². The van der Waals surface area contributed by atoms with Crippen molar-refractivity contribution >= 4 is 40.7 Å². The second-order valence-electron chi connectivity index (χ2n) is 7.78. The normalized spacial score (nSPS) is 24.1. The van der Waals surface area contributed by atoms with Crippen molar-refractivity contribution in [2.75, 3.05) is 29.0 Å². The Bertz CT molecular complexity index is 1040. The number of aliphatic hydroxyl groups is 1. The molecule has 1 unspecified atom stereocenters. The van der Waals surface area contributed by atoms with Gasteiger partial charge >= 0.3 is 0 Å². The number of rotatable bonds is 4. The Morgan fingerprint density at radius 3 is 2.72 bits per heavy atom. The minimum Gasteiger partial charge on any atom is -0.391 e. The Balaban J connectivity index is 1.56. The highest BCUT2D eigenvalue weighted by Gasteiger charge is 2.43. The van der Waals surface area contributed by atoms with Crippen molar-refractivity contribution in [3.8, 4) is 0 Å². The number of nitrogens with two attached hydrogens (primary N) is 1. The van der Waals surface area contributed by atoms with Gasteiger partial charge in [-0.3, -0.25) is 14.5 Å². The van der Waals surface area contributed by atoms with Crippen molar-refractivity contribution in [3.63, 3.8) is 0 Å². The van der Waals surface area contributed by atoms with E-state index in [1.165, 1.54) is 17.0 Å². The number of halogens is 3. The van der Waals surface area contributed by atoms with Gasteiger partial charge in [0, 0.05) is 23.7 Å². The minimum atomic E-state index is -1.01. The van der Waals surface area contributed by atoms with E-state index >= 15 is 0 Å². The van der Waals surface area contributed by atoms with Gasteiger partial charge in [-0.25, -0.2) is 14.4 Å². The van der Waals surface area contributed by atoms with Gasteiger partial charge in [-0.05, 0) is 31.0 Å². The van der Waals surface area contributed by atoms with Gasteiger partial charge in [0.2, 0.25) is 11.7 Å². The molecule has 1 aromatic carbocycles. The lowest BCUT2D eigenvalue weighted by Crippen LogP contribution is -2.62. The molecule has 32 heavy (non-hydrogen) atoms. The average molecular weight is 467 g/mol. The van der Waals surface area contributed by atoms with E-state index in [2.05, 4.69) is 15.3 Å². The van der Waals surface area contributed by atoms with Crippen LogP contribution < -0.4 is 16.0 Å². The number of likely N-dealkylation sites (tertiary alicyclic amines) is 1. The van der Waals surface area contributed by atoms with Gasteiger partial charge in [0.1, 0.15) is 24.2 Å². The first-order valence-corrected chi connectivity index (χ1v) is 10.4. The molecular weight excluding hydrogens is 446 g/mol. The van der Waals surface area contributed by atoms with E-state index in [1.807, 2.05) is 0 Å². The van der Waals surface area contributed by atoms with Crippen LogP contribution in [-0.2, 0) is 9.59 Å². The van der Waals surface area contributed by atoms with E-state index < -0.39 is 41.5 Å². The van der Waals surface area contributed by atoms with Gasteiger partial charge in [0.25, 0.3) is 5.91 Å². The van der Waals surface area contributed by atoms with Crippen molar-refractivity contribution in [2.45, 2.75) is 37.5 Å². The Kier molecular flexibility index (Phi) is 6.11. The summed E-state index contributed by atoms with van der Waals surface area (Å²) >= 11 is 5.88. The fraction of sp³-hybridized carbons (Fsp3) is 0.400. The monoisotopic (exact) mass is 466 g/mol. The third-order valence-corrected chi connectivity index (χ3v) is 5.76. The summed E-state index contributed by atoms with van der Waals surface area (Å²) < 4.78 is 28.1. The van der Waals surface area contributed by atoms with E-state index in [4.69, 9.17) is 17.3 Å². The van der Waals surface area contributed by atoms with Crippen LogP contribution >= 0.6 is 11.6 Å². The molecule has 0 aliphatic carbocycles. The molecule has 3 heterocycles. The molecule has 3 atom stereocenters. The lowest BCUT2D eigenvalue weighted by molar-refractivity contribution is -0.144. The molecule has 4 rings (SSSR count). The maximum absolute atomic E-state index is 14.4. The first-order valence-electron chi connectivity index (χ1n) is 10.0. The summed E-state index contributed by atoms with van der Waals surface area (Å²) in [5, 5.41) is 13.5. The molecule has 170 valence electrons. The number of nitrogens with one attached hydrogen (secondary N) is 1. The van der Waals surface area contributed by atoms with E-state index in [0.29, 0.717) is 18.5 Å². The number of anilines is 3. The van der Waals surface area contributed by atoms with E-state index in [1.54, 1.807) is 0 Å². The van der Waals surface area contributed by atoms with Crippen LogP contribution in [0.15, 0.2) is 24.5 Å². The molecule has 4 N–H and O–H groups in total. The molecule has 1 aromatic heterocycles. The van der Waals surface area contributed by atoms with E-state index in [0.717, 1.165) is 17.3 Å². The highest BCUT2D eigenvalue weighted by Crippen LogP contribution is 2.29. The van der Waals surface area contributed by atoms with Crippen LogP contribution in [0.4, 0.5) is 26.1 Å². The molecule has 2 saturated heterocycles. The number of nitrogen functional groups attached to an aromatic ring is 1. The van der Waals surface area contributed by atoms with Crippen LogP contribution in [0.5, 0.6) is 0 Å². The van der Waals surface area contributed by atoms with Crippen LogP contribution in [0, 0.1) is 11.6 Å². The van der Waals surface area contributed by atoms with E-state index in [9.17, 15) is 23.5 Å². The van der Waals surface area contributed by atoms with Gasteiger partial charge in [-0.1, -0.05) is 11.6 Å². The number of amides is 2. The number of benzene rings is 1. The quantitative estimate of drug-likeness (QED) is 0.624. The first kappa shape index (κ1) is 22.2. The van der Waals surface area contributed by atoms with Crippen LogP contribution in [0.25, 0.3) is 0 Å². The van der Waals surface area contributed by atoms with Gasteiger partial charge in [-0.15, -0.1) is 0 Å². The van der Waals surface area contributed by atoms with Gasteiger partial charge in [0.05, 0.1) is 12.6 Å². The predicted molar refractivity (Wildman–Crippen MR) is 113 cm³/mol. The molecule has 2 fully saturated rings. The summed E-state index contributed by atoms with van der Waals surface area (Å²) in [6, 6.07) is 2.14. The van der Waals surface area contributed by atoms with Crippen LogP contribution in [0.1, 0.15) is 19.3 Å².